The summed E-state index contributed by atoms with van der Waals surface area (Å²) in [6.07, 6.45) is 9.04. The Balaban J connectivity index is 1.73. The van der Waals surface area contributed by atoms with Crippen LogP contribution in [0.25, 0.3) is 5.65 Å². The predicted molar refractivity (Wildman–Crippen MR) is 91.5 cm³/mol. The smallest absolute Gasteiger partial charge is 0.341 e. The maximum Gasteiger partial charge on any atom is 0.341 e. The molecule has 136 valence electrons. The quantitative estimate of drug-likeness (QED) is 0.858. The van der Waals surface area contributed by atoms with E-state index in [9.17, 15) is 14.3 Å². The lowest BCUT2D eigenvalue weighted by atomic mass is 9.98. The van der Waals surface area contributed by atoms with Crippen molar-refractivity contribution in [2.24, 2.45) is 0 Å². The number of aromatic carboxylic acids is 1. The first-order chi connectivity index (χ1) is 12.5. The molecule has 0 bridgehead atoms. The zero-order valence-electron chi connectivity index (χ0n) is 14.1. The molecule has 26 heavy (non-hydrogen) atoms. The van der Waals surface area contributed by atoms with Gasteiger partial charge in [0, 0.05) is 26.1 Å². The minimum atomic E-state index is -1.08. The number of carbonyl (C=O) groups is 1. The Morgan fingerprint density at radius 1 is 1.54 bits per heavy atom. The van der Waals surface area contributed by atoms with Crippen LogP contribution in [0.15, 0.2) is 42.6 Å². The van der Waals surface area contributed by atoms with Gasteiger partial charge in [0.05, 0.1) is 12.2 Å². The molecule has 4 heterocycles. The molecule has 1 unspecified atom stereocenters. The highest BCUT2D eigenvalue weighted by Crippen LogP contribution is 2.34. The van der Waals surface area contributed by atoms with Crippen LogP contribution in [0, 0.1) is 0 Å². The van der Waals surface area contributed by atoms with Crippen molar-refractivity contribution in [2.75, 3.05) is 18.6 Å². The van der Waals surface area contributed by atoms with Gasteiger partial charge in [0.25, 0.3) is 0 Å². The fourth-order valence-electron chi connectivity index (χ4n) is 3.61. The number of hydrogen-bond acceptors (Lipinski definition) is 6. The molecule has 2 aliphatic rings. The third kappa shape index (κ3) is 2.51. The molecule has 2 N–H and O–H groups in total. The number of nitrogens with one attached hydrogen (secondary N) is 1. The van der Waals surface area contributed by atoms with Crippen LogP contribution in [0.1, 0.15) is 23.2 Å². The molecule has 0 aromatic carbocycles. The summed E-state index contributed by atoms with van der Waals surface area (Å²) in [4.78, 5) is 17.9. The highest BCUT2D eigenvalue weighted by molar-refractivity contribution is 5.94. The van der Waals surface area contributed by atoms with Gasteiger partial charge in [-0.2, -0.15) is 5.10 Å². The lowest BCUT2D eigenvalue weighted by molar-refractivity contribution is -0.00831. The molecule has 2 aromatic heterocycles. The second-order valence-electron chi connectivity index (χ2n) is 6.27. The number of fused-ring (bicyclic) bond motifs is 1. The van der Waals surface area contributed by atoms with Crippen molar-refractivity contribution in [3.63, 3.8) is 0 Å². The molecule has 0 amide bonds. The van der Waals surface area contributed by atoms with E-state index in [4.69, 9.17) is 4.74 Å². The van der Waals surface area contributed by atoms with Crippen molar-refractivity contribution in [2.45, 2.75) is 24.6 Å². The third-order valence-corrected chi connectivity index (χ3v) is 4.89. The first-order valence-corrected chi connectivity index (χ1v) is 8.26. The lowest BCUT2D eigenvalue weighted by Gasteiger charge is -2.41. The minimum absolute atomic E-state index is 0.0461. The fraction of sp³-hybridized carbons (Fsp3) is 0.353. The summed E-state index contributed by atoms with van der Waals surface area (Å²) < 4.78 is 20.5. The molecular formula is C17H18FN5O3. The Labute approximate surface area is 148 Å². The summed E-state index contributed by atoms with van der Waals surface area (Å²) in [6.45, 7) is 0.733. The van der Waals surface area contributed by atoms with Gasteiger partial charge >= 0.3 is 5.97 Å². The van der Waals surface area contributed by atoms with E-state index in [0.29, 0.717) is 5.82 Å². The lowest BCUT2D eigenvalue weighted by Crippen LogP contribution is -2.58. The monoisotopic (exact) mass is 359 g/mol. The van der Waals surface area contributed by atoms with Crippen LogP contribution in [0.2, 0.25) is 0 Å². The minimum Gasteiger partial charge on any atom is -0.477 e. The molecule has 8 nitrogen and oxygen atoms in total. The van der Waals surface area contributed by atoms with Crippen LogP contribution < -0.4 is 10.2 Å². The number of aromatic nitrogens is 3. The van der Waals surface area contributed by atoms with Crippen LogP contribution >= 0.6 is 0 Å². The van der Waals surface area contributed by atoms with Gasteiger partial charge in [-0.1, -0.05) is 0 Å². The van der Waals surface area contributed by atoms with Gasteiger partial charge in [-0.3, -0.25) is 0 Å². The molecule has 9 heteroatoms. The molecule has 0 radical (unpaired) electrons. The summed E-state index contributed by atoms with van der Waals surface area (Å²) in [5.41, 5.74) is -0.551. The molecule has 1 saturated heterocycles. The van der Waals surface area contributed by atoms with E-state index in [1.54, 1.807) is 25.4 Å². The van der Waals surface area contributed by atoms with Gasteiger partial charge in [0.2, 0.25) is 0 Å². The maximum atomic E-state index is 13.4. The molecule has 0 spiro atoms. The van der Waals surface area contributed by atoms with Gasteiger partial charge in [-0.25, -0.2) is 18.7 Å². The van der Waals surface area contributed by atoms with E-state index >= 15 is 0 Å². The Bertz CT molecular complexity index is 924. The molecular weight excluding hydrogens is 341 g/mol. The van der Waals surface area contributed by atoms with Crippen molar-refractivity contribution >= 4 is 17.4 Å². The average molecular weight is 359 g/mol. The zero-order chi connectivity index (χ0) is 18.3. The largest absolute Gasteiger partial charge is 0.477 e. The topological polar surface area (TPSA) is 92.0 Å². The molecule has 2 atom stereocenters. The Hall–Kier alpha value is -2.94. The van der Waals surface area contributed by atoms with E-state index in [1.807, 2.05) is 0 Å². The van der Waals surface area contributed by atoms with E-state index in [-0.39, 0.29) is 23.1 Å². The second kappa shape index (κ2) is 6.10. The van der Waals surface area contributed by atoms with E-state index in [0.717, 1.165) is 19.4 Å². The molecule has 2 aliphatic heterocycles. The molecule has 2 aromatic rings. The number of carboxylic acids is 1. The van der Waals surface area contributed by atoms with Crippen molar-refractivity contribution in [3.8, 4) is 0 Å². The average Bonchev–Trinajstić information content (AvgIpc) is 3.29. The number of ether oxygens (including phenoxy) is 1. The summed E-state index contributed by atoms with van der Waals surface area (Å²) in [6, 6.07) is 1.66. The van der Waals surface area contributed by atoms with Crippen LogP contribution in [-0.4, -0.2) is 51.1 Å². The molecule has 1 fully saturated rings. The number of carboxylic acid groups (broad SMARTS) is 1. The van der Waals surface area contributed by atoms with Crippen LogP contribution in [0.5, 0.6) is 0 Å². The van der Waals surface area contributed by atoms with Crippen molar-refractivity contribution in [1.82, 2.24) is 19.9 Å². The predicted octanol–water partition coefficient (Wildman–Crippen LogP) is 1.71. The zero-order valence-corrected chi connectivity index (χ0v) is 14.1. The molecule has 4 rings (SSSR count). The van der Waals surface area contributed by atoms with Gasteiger partial charge < -0.3 is 20.1 Å². The summed E-state index contributed by atoms with van der Waals surface area (Å²) in [7, 11) is 1.57. The highest BCUT2D eigenvalue weighted by atomic mass is 19.1. The summed E-state index contributed by atoms with van der Waals surface area (Å²) >= 11 is 0. The third-order valence-electron chi connectivity index (χ3n) is 4.89. The summed E-state index contributed by atoms with van der Waals surface area (Å²) in [5.74, 6) is -0.815. The number of rotatable bonds is 4. The van der Waals surface area contributed by atoms with Crippen molar-refractivity contribution in [3.05, 3.63) is 48.2 Å². The van der Waals surface area contributed by atoms with Crippen molar-refractivity contribution in [1.29, 1.82) is 0 Å². The standard InChI is InChI=1S/C17H18FN5O3/c1-26-17(6-4-11(18)9-19-17)13-3-2-7-22(13)14-5-8-23-15(21-14)12(10-20-23)16(24)25/h4-6,8-10,13,19H,2-3,7H2,1H3,(H,24,25)/t13-,17?/m1/s1. The number of hydrogen-bond donors (Lipinski definition) is 2. The van der Waals surface area contributed by atoms with Crippen LogP contribution in [0.3, 0.4) is 0 Å². The van der Waals surface area contributed by atoms with Gasteiger partial charge in [-0.15, -0.1) is 0 Å². The maximum absolute atomic E-state index is 13.4. The van der Waals surface area contributed by atoms with E-state index in [1.165, 1.54) is 23.0 Å². The Morgan fingerprint density at radius 2 is 2.38 bits per heavy atom. The van der Waals surface area contributed by atoms with Gasteiger partial charge in [-0.05, 0) is 31.1 Å². The number of halogens is 1. The molecule has 0 saturated carbocycles. The SMILES string of the molecule is COC1([C@H]2CCCN2c2ccn3ncc(C(=O)O)c3n2)C=CC(F)=CN1. The number of anilines is 1. The van der Waals surface area contributed by atoms with Gasteiger partial charge in [0.15, 0.2) is 11.4 Å². The van der Waals surface area contributed by atoms with Crippen LogP contribution in [0.4, 0.5) is 10.2 Å². The van der Waals surface area contributed by atoms with Crippen molar-refractivity contribution < 1.29 is 19.0 Å². The highest BCUT2D eigenvalue weighted by Gasteiger charge is 2.44. The van der Waals surface area contributed by atoms with E-state index in [2.05, 4.69) is 20.3 Å². The number of allylic oxidation sites excluding steroid dienone is 2. The first-order valence-electron chi connectivity index (χ1n) is 8.26. The normalized spacial score (nSPS) is 25.4. The second-order valence-corrected chi connectivity index (χ2v) is 6.27. The summed E-state index contributed by atoms with van der Waals surface area (Å²) in [5, 5.41) is 16.3. The Kier molecular flexibility index (Phi) is 3.87. The number of methoxy groups -OCH3 is 1. The van der Waals surface area contributed by atoms with Crippen LogP contribution in [-0.2, 0) is 4.74 Å². The molecule has 0 aliphatic carbocycles. The Morgan fingerprint density at radius 3 is 3.08 bits per heavy atom. The first kappa shape index (κ1) is 16.5. The number of dihydropyridines is 1. The van der Waals surface area contributed by atoms with E-state index < -0.39 is 11.7 Å². The number of nitrogens with zero attached hydrogens (tertiary/aromatic N) is 4. The van der Waals surface area contributed by atoms with Gasteiger partial charge in [0.1, 0.15) is 17.2 Å². The fourth-order valence-corrected chi connectivity index (χ4v) is 3.61.